The van der Waals surface area contributed by atoms with Gasteiger partial charge in [0.2, 0.25) is 0 Å². The second-order valence-corrected chi connectivity index (χ2v) is 6.60. The van der Waals surface area contributed by atoms with E-state index in [1.807, 2.05) is 0 Å². The maximum Gasteiger partial charge on any atom is 0.335 e. The minimum Gasteiger partial charge on any atom is -0.462 e. The number of hydroxylamine groups is 2. The highest BCUT2D eigenvalue weighted by Crippen LogP contribution is 2.16. The van der Waals surface area contributed by atoms with Crippen molar-refractivity contribution >= 4 is 23.8 Å². The summed E-state index contributed by atoms with van der Waals surface area (Å²) in [6.07, 6.45) is 9.90. The zero-order valence-electron chi connectivity index (χ0n) is 15.5. The summed E-state index contributed by atoms with van der Waals surface area (Å²) >= 11 is 0. The van der Waals surface area contributed by atoms with Gasteiger partial charge in [0.15, 0.2) is 0 Å². The van der Waals surface area contributed by atoms with Crippen LogP contribution in [0.25, 0.3) is 0 Å². The number of hydrogen-bond donors (Lipinski definition) is 0. The Bertz CT molecular complexity index is 556. The van der Waals surface area contributed by atoms with Crippen LogP contribution in [-0.2, 0) is 33.5 Å². The molecule has 1 heterocycles. The number of esters is 1. The molecule has 27 heavy (non-hydrogen) atoms. The Morgan fingerprint density at radius 2 is 1.70 bits per heavy atom. The normalized spacial score (nSPS) is 21.5. The largest absolute Gasteiger partial charge is 0.462 e. The maximum atomic E-state index is 11.9. The van der Waals surface area contributed by atoms with Crippen LogP contribution in [0.2, 0.25) is 0 Å². The summed E-state index contributed by atoms with van der Waals surface area (Å²) in [4.78, 5) is 50.8. The average Bonchev–Trinajstić information content (AvgIpc) is 2.92. The van der Waals surface area contributed by atoms with Crippen molar-refractivity contribution in [2.45, 2.75) is 70.3 Å². The van der Waals surface area contributed by atoms with Gasteiger partial charge in [0.1, 0.15) is 6.10 Å². The summed E-state index contributed by atoms with van der Waals surface area (Å²) in [5, 5.41) is 0.517. The number of ether oxygens (including phenoxy) is 2. The second-order valence-electron chi connectivity index (χ2n) is 6.60. The summed E-state index contributed by atoms with van der Waals surface area (Å²) in [5.41, 5.74) is 0. The fraction of sp³-hybridized carbons (Fsp3) is 0.684. The first-order valence-electron chi connectivity index (χ1n) is 9.55. The molecular weight excluding hydrogens is 354 g/mol. The summed E-state index contributed by atoms with van der Waals surface area (Å²) < 4.78 is 10.8. The van der Waals surface area contributed by atoms with Crippen LogP contribution in [0, 0.1) is 0 Å². The highest BCUT2D eigenvalue weighted by molar-refractivity contribution is 6.01. The van der Waals surface area contributed by atoms with Crippen LogP contribution < -0.4 is 0 Å². The van der Waals surface area contributed by atoms with E-state index in [1.165, 1.54) is 0 Å². The molecule has 1 aliphatic carbocycles. The van der Waals surface area contributed by atoms with Gasteiger partial charge in [-0.2, -0.15) is 0 Å². The lowest BCUT2D eigenvalue weighted by atomic mass is 10.0. The quantitative estimate of drug-likeness (QED) is 0.261. The van der Waals surface area contributed by atoms with Gasteiger partial charge in [-0.15, -0.1) is 5.06 Å². The van der Waals surface area contributed by atoms with Crippen molar-refractivity contribution in [2.75, 3.05) is 13.2 Å². The van der Waals surface area contributed by atoms with Crippen molar-refractivity contribution in [1.82, 2.24) is 5.06 Å². The molecule has 8 heteroatoms. The lowest BCUT2D eigenvalue weighted by Crippen LogP contribution is -2.32. The van der Waals surface area contributed by atoms with Crippen LogP contribution in [0.15, 0.2) is 12.2 Å². The molecule has 0 aromatic carbocycles. The van der Waals surface area contributed by atoms with Crippen molar-refractivity contribution in [2.24, 2.45) is 0 Å². The number of rotatable bonds is 9. The van der Waals surface area contributed by atoms with Gasteiger partial charge in [0, 0.05) is 25.9 Å². The summed E-state index contributed by atoms with van der Waals surface area (Å²) in [5.74, 6) is -1.93. The van der Waals surface area contributed by atoms with Gasteiger partial charge in [-0.3, -0.25) is 14.4 Å². The van der Waals surface area contributed by atoms with E-state index in [2.05, 4.69) is 12.2 Å². The minimum absolute atomic E-state index is 0.00542. The summed E-state index contributed by atoms with van der Waals surface area (Å²) in [7, 11) is 0. The molecule has 0 radical (unpaired) electrons. The van der Waals surface area contributed by atoms with E-state index in [-0.39, 0.29) is 44.4 Å². The van der Waals surface area contributed by atoms with Crippen LogP contribution in [-0.4, -0.2) is 48.1 Å². The minimum atomic E-state index is -0.698. The SMILES string of the molecule is O=C(CCCOCCC(=O)ON1C(=O)CCC1=O)OC1CC/C=C/CCC1. The van der Waals surface area contributed by atoms with Gasteiger partial charge >= 0.3 is 11.9 Å². The Labute approximate surface area is 158 Å². The molecule has 0 bridgehead atoms. The van der Waals surface area contributed by atoms with Gasteiger partial charge < -0.3 is 14.3 Å². The Morgan fingerprint density at radius 1 is 0.963 bits per heavy atom. The van der Waals surface area contributed by atoms with Gasteiger partial charge in [-0.1, -0.05) is 12.2 Å². The third kappa shape index (κ3) is 7.90. The van der Waals surface area contributed by atoms with E-state index >= 15 is 0 Å². The molecule has 1 fully saturated rings. The molecule has 0 N–H and O–H groups in total. The molecule has 0 saturated carbocycles. The fourth-order valence-electron chi connectivity index (χ4n) is 2.87. The van der Waals surface area contributed by atoms with Crippen LogP contribution in [0.4, 0.5) is 0 Å². The zero-order chi connectivity index (χ0) is 19.5. The van der Waals surface area contributed by atoms with E-state index in [0.29, 0.717) is 18.1 Å². The number of hydrogen-bond acceptors (Lipinski definition) is 7. The van der Waals surface area contributed by atoms with E-state index < -0.39 is 17.8 Å². The third-order valence-corrected chi connectivity index (χ3v) is 4.34. The Kier molecular flexibility index (Phi) is 8.97. The number of carbonyl (C=O) groups excluding carboxylic acids is 4. The number of amides is 2. The number of nitrogens with zero attached hydrogens (tertiary/aromatic N) is 1. The molecule has 2 rings (SSSR count). The fourth-order valence-corrected chi connectivity index (χ4v) is 2.87. The number of carbonyl (C=O) groups is 4. The first kappa shape index (κ1) is 21.1. The van der Waals surface area contributed by atoms with Crippen LogP contribution in [0.1, 0.15) is 64.2 Å². The molecule has 1 saturated heterocycles. The van der Waals surface area contributed by atoms with Crippen molar-refractivity contribution < 1.29 is 33.5 Å². The smallest absolute Gasteiger partial charge is 0.335 e. The van der Waals surface area contributed by atoms with Crippen molar-refractivity contribution in [3.05, 3.63) is 12.2 Å². The molecule has 2 aliphatic rings. The molecule has 0 aromatic heterocycles. The van der Waals surface area contributed by atoms with Gasteiger partial charge in [-0.05, 0) is 38.5 Å². The standard InChI is InChI=1S/C19H27NO7/c21-16-10-11-17(22)20(16)27-19(24)12-14-25-13-6-9-18(23)26-15-7-4-2-1-3-5-8-15/h1-2,15H,3-14H2/b2-1+. The molecule has 1 atom stereocenters. The van der Waals surface area contributed by atoms with E-state index in [4.69, 9.17) is 14.3 Å². The predicted octanol–water partition coefficient (Wildman–Crippen LogP) is 2.21. The monoisotopic (exact) mass is 381 g/mol. The predicted molar refractivity (Wildman–Crippen MR) is 94.0 cm³/mol. The molecule has 2 amide bonds. The van der Waals surface area contributed by atoms with Crippen LogP contribution in [0.5, 0.6) is 0 Å². The summed E-state index contributed by atoms with van der Waals surface area (Å²) in [6.45, 7) is 0.413. The van der Waals surface area contributed by atoms with Crippen molar-refractivity contribution in [3.8, 4) is 0 Å². The van der Waals surface area contributed by atoms with Crippen molar-refractivity contribution in [3.63, 3.8) is 0 Å². The topological polar surface area (TPSA) is 99.2 Å². The molecular formula is C19H27NO7. The lowest BCUT2D eigenvalue weighted by Gasteiger charge is -2.18. The Hall–Kier alpha value is -2.22. The van der Waals surface area contributed by atoms with Crippen molar-refractivity contribution in [1.29, 1.82) is 0 Å². The van der Waals surface area contributed by atoms with Crippen LogP contribution >= 0.6 is 0 Å². The first-order chi connectivity index (χ1) is 13.1. The average molecular weight is 381 g/mol. The molecule has 0 aromatic rings. The van der Waals surface area contributed by atoms with E-state index in [0.717, 1.165) is 32.1 Å². The number of allylic oxidation sites excluding steroid dienone is 2. The van der Waals surface area contributed by atoms with Gasteiger partial charge in [-0.25, -0.2) is 4.79 Å². The highest BCUT2D eigenvalue weighted by Gasteiger charge is 2.32. The molecule has 0 spiro atoms. The van der Waals surface area contributed by atoms with E-state index in [1.54, 1.807) is 0 Å². The highest BCUT2D eigenvalue weighted by atomic mass is 16.7. The van der Waals surface area contributed by atoms with Crippen LogP contribution in [0.3, 0.4) is 0 Å². The maximum absolute atomic E-state index is 11.9. The molecule has 1 aliphatic heterocycles. The summed E-state index contributed by atoms with van der Waals surface area (Å²) in [6, 6.07) is 0. The van der Waals surface area contributed by atoms with Gasteiger partial charge in [0.05, 0.1) is 13.0 Å². The Morgan fingerprint density at radius 3 is 2.48 bits per heavy atom. The Balaban J connectivity index is 1.49. The number of imide groups is 1. The lowest BCUT2D eigenvalue weighted by molar-refractivity contribution is -0.198. The molecule has 150 valence electrons. The molecule has 8 nitrogen and oxygen atoms in total. The molecule has 1 unspecified atom stereocenters. The van der Waals surface area contributed by atoms with E-state index in [9.17, 15) is 19.2 Å². The first-order valence-corrected chi connectivity index (χ1v) is 9.55. The van der Waals surface area contributed by atoms with Gasteiger partial charge in [0.25, 0.3) is 11.8 Å². The third-order valence-electron chi connectivity index (χ3n) is 4.34. The second kappa shape index (κ2) is 11.5. The zero-order valence-corrected chi connectivity index (χ0v) is 15.5.